The largest absolute Gasteiger partial charge is 0.282 e. The van der Waals surface area contributed by atoms with E-state index in [-0.39, 0.29) is 5.24 Å². The van der Waals surface area contributed by atoms with Crippen molar-refractivity contribution in [3.63, 3.8) is 0 Å². The van der Waals surface area contributed by atoms with E-state index in [9.17, 15) is 9.59 Å². The summed E-state index contributed by atoms with van der Waals surface area (Å²) in [5, 5.41) is -0.361. The summed E-state index contributed by atoms with van der Waals surface area (Å²) in [7, 11) is 0. The molecule has 0 aliphatic rings. The van der Waals surface area contributed by atoms with Gasteiger partial charge in [0.25, 0.3) is 5.91 Å². The fourth-order valence-electron chi connectivity index (χ4n) is 0.0643. The minimum atomic E-state index is -0.509. The lowest BCUT2D eigenvalue weighted by Crippen LogP contribution is -1.77. The highest BCUT2D eigenvalue weighted by Gasteiger charge is 1.75. The van der Waals surface area contributed by atoms with Crippen LogP contribution in [0.1, 0.15) is 20.8 Å². The fraction of sp³-hybridized carbons (Fsp3) is 0.375. The van der Waals surface area contributed by atoms with Crippen molar-refractivity contribution < 1.29 is 14.4 Å². The lowest BCUT2D eigenvalue weighted by molar-refractivity contribution is -0.115. The van der Waals surface area contributed by atoms with Crippen LogP contribution < -0.4 is 0 Å². The molecule has 74 valence electrons. The molecule has 4 nitrogen and oxygen atoms in total. The Hall–Kier alpha value is -1.25. The summed E-state index contributed by atoms with van der Waals surface area (Å²) in [6.45, 7) is 7.73. The molecule has 5 heteroatoms. The predicted octanol–water partition coefficient (Wildman–Crippen LogP) is 1.83. The van der Waals surface area contributed by atoms with E-state index >= 15 is 0 Å². The topological polar surface area (TPSA) is 63.6 Å². The van der Waals surface area contributed by atoms with Gasteiger partial charge >= 0.3 is 0 Å². The van der Waals surface area contributed by atoms with Gasteiger partial charge in [-0.1, -0.05) is 6.08 Å². The molecule has 0 saturated carbocycles. The maximum Gasteiger partial charge on any atom is 0.253 e. The second-order valence-corrected chi connectivity index (χ2v) is 2.13. The van der Waals surface area contributed by atoms with Gasteiger partial charge in [-0.05, 0) is 18.5 Å². The van der Waals surface area contributed by atoms with Crippen molar-refractivity contribution in [1.29, 1.82) is 0 Å². The number of rotatable bonds is 0. The van der Waals surface area contributed by atoms with Gasteiger partial charge < -0.3 is 0 Å². The Kier molecular flexibility index (Phi) is 23.2. The summed E-state index contributed by atoms with van der Waals surface area (Å²) in [4.78, 5) is 30.6. The fourth-order valence-corrected chi connectivity index (χ4v) is 0.0643. The van der Waals surface area contributed by atoms with Gasteiger partial charge in [-0.15, -0.1) is 11.6 Å². The number of carbonyl (C=O) groups is 2. The molecular weight excluding hydrogens is 194 g/mol. The molecule has 13 heavy (non-hydrogen) atoms. The van der Waals surface area contributed by atoms with Crippen LogP contribution in [0.4, 0.5) is 0 Å². The number of halogens is 1. The van der Waals surface area contributed by atoms with Gasteiger partial charge in [-0.25, -0.2) is 4.79 Å². The zero-order chi connectivity index (χ0) is 11.3. The monoisotopic (exact) mass is 205 g/mol. The van der Waals surface area contributed by atoms with Crippen LogP contribution in [-0.2, 0) is 14.4 Å². The number of carbonyl (C=O) groups excluding carboxylic acids is 3. The van der Waals surface area contributed by atoms with Crippen LogP contribution in [0.5, 0.6) is 0 Å². The number of amides is 1. The van der Waals surface area contributed by atoms with Gasteiger partial charge in [0.1, 0.15) is 0 Å². The average Bonchev–Trinajstić information content (AvgIpc) is 1.86. The zero-order valence-electron chi connectivity index (χ0n) is 7.83. The van der Waals surface area contributed by atoms with Crippen LogP contribution in [0.25, 0.3) is 0 Å². The van der Waals surface area contributed by atoms with Crippen LogP contribution in [0.15, 0.2) is 17.6 Å². The third-order valence-electron chi connectivity index (χ3n) is 0.203. The van der Waals surface area contributed by atoms with Crippen LogP contribution >= 0.6 is 11.6 Å². The van der Waals surface area contributed by atoms with Gasteiger partial charge in [0, 0.05) is 13.8 Å². The Balaban J connectivity index is -0.000000125. The van der Waals surface area contributed by atoms with Crippen LogP contribution in [0, 0.1) is 0 Å². The van der Waals surface area contributed by atoms with Crippen molar-refractivity contribution in [2.24, 2.45) is 4.99 Å². The van der Waals surface area contributed by atoms with Crippen molar-refractivity contribution in [3.8, 4) is 0 Å². The first-order chi connectivity index (χ1) is 5.92. The number of isocyanates is 1. The summed E-state index contributed by atoms with van der Waals surface area (Å²) >= 11 is 4.64. The van der Waals surface area contributed by atoms with E-state index in [0.29, 0.717) is 0 Å². The number of nitrogens with zero attached hydrogens (tertiary/aromatic N) is 1. The minimum Gasteiger partial charge on any atom is -0.282 e. The van der Waals surface area contributed by atoms with E-state index in [1.807, 2.05) is 6.92 Å². The highest BCUT2D eigenvalue weighted by molar-refractivity contribution is 6.62. The van der Waals surface area contributed by atoms with Crippen molar-refractivity contribution >= 4 is 28.8 Å². The standard InChI is InChI=1S/C3H3NO2.C3H6.C2H3ClO/c1-3(6)4-2-5;1-3-2;1-2(3)4/h1H3;3H,1H2,2H3;1H3. The molecular formula is C8H12ClNO3. The molecule has 0 bridgehead atoms. The van der Waals surface area contributed by atoms with Gasteiger partial charge in [-0.2, -0.15) is 0 Å². The molecule has 0 aliphatic carbocycles. The summed E-state index contributed by atoms with van der Waals surface area (Å²) in [5.74, 6) is -0.509. The van der Waals surface area contributed by atoms with E-state index in [1.165, 1.54) is 13.8 Å². The lowest BCUT2D eigenvalue weighted by atomic mass is 10.8. The molecule has 0 aliphatic heterocycles. The van der Waals surface area contributed by atoms with E-state index in [4.69, 9.17) is 4.79 Å². The van der Waals surface area contributed by atoms with E-state index in [2.05, 4.69) is 23.2 Å². The summed E-state index contributed by atoms with van der Waals surface area (Å²) in [6.07, 6.45) is 2.84. The number of hydrogen-bond acceptors (Lipinski definition) is 3. The maximum atomic E-state index is 9.61. The predicted molar refractivity (Wildman–Crippen MR) is 51.2 cm³/mol. The molecule has 0 aromatic heterocycles. The van der Waals surface area contributed by atoms with Crippen LogP contribution in [-0.4, -0.2) is 17.2 Å². The second kappa shape index (κ2) is 17.0. The van der Waals surface area contributed by atoms with Crippen molar-refractivity contribution in [2.45, 2.75) is 20.8 Å². The number of allylic oxidation sites excluding steroid dienone is 1. The van der Waals surface area contributed by atoms with Crippen LogP contribution in [0.3, 0.4) is 0 Å². The van der Waals surface area contributed by atoms with Gasteiger partial charge in [-0.3, -0.25) is 9.59 Å². The molecule has 0 rings (SSSR count). The molecule has 0 N–H and O–H groups in total. The average molecular weight is 206 g/mol. The molecule has 0 saturated heterocycles. The Labute approximate surface area is 82.3 Å². The summed E-state index contributed by atoms with van der Waals surface area (Å²) in [5.41, 5.74) is 0. The van der Waals surface area contributed by atoms with E-state index < -0.39 is 5.91 Å². The third kappa shape index (κ3) is 269. The molecule has 0 aromatic carbocycles. The first-order valence-corrected chi connectivity index (χ1v) is 3.61. The smallest absolute Gasteiger partial charge is 0.253 e. The van der Waals surface area contributed by atoms with Gasteiger partial charge in [0.05, 0.1) is 0 Å². The molecule has 0 heterocycles. The summed E-state index contributed by atoms with van der Waals surface area (Å²) < 4.78 is 0. The Morgan fingerprint density at radius 1 is 1.46 bits per heavy atom. The number of hydrogen-bond donors (Lipinski definition) is 0. The SMILES string of the molecule is C=CC.CC(=O)Cl.CC(=O)N=C=O. The molecule has 0 atom stereocenters. The first kappa shape index (κ1) is 17.7. The Morgan fingerprint density at radius 2 is 1.69 bits per heavy atom. The highest BCUT2D eigenvalue weighted by atomic mass is 35.5. The molecule has 0 spiro atoms. The molecule has 0 radical (unpaired) electrons. The van der Waals surface area contributed by atoms with Crippen molar-refractivity contribution in [1.82, 2.24) is 0 Å². The quantitative estimate of drug-likeness (QED) is 0.262. The third-order valence-corrected chi connectivity index (χ3v) is 0.203. The zero-order valence-corrected chi connectivity index (χ0v) is 8.59. The second-order valence-electron chi connectivity index (χ2n) is 1.60. The van der Waals surface area contributed by atoms with Gasteiger partial charge in [0.2, 0.25) is 11.3 Å². The normalized spacial score (nSPS) is 5.85. The summed E-state index contributed by atoms with van der Waals surface area (Å²) in [6, 6.07) is 0. The highest BCUT2D eigenvalue weighted by Crippen LogP contribution is 1.67. The maximum absolute atomic E-state index is 9.61. The molecule has 0 fully saturated rings. The minimum absolute atomic E-state index is 0.361. The van der Waals surface area contributed by atoms with Gasteiger partial charge in [0.15, 0.2) is 0 Å². The van der Waals surface area contributed by atoms with E-state index in [1.54, 1.807) is 6.08 Å². The van der Waals surface area contributed by atoms with Crippen molar-refractivity contribution in [3.05, 3.63) is 12.7 Å². The lowest BCUT2D eigenvalue weighted by Gasteiger charge is -1.61. The number of aliphatic imine (C=N–C) groups is 1. The molecule has 0 unspecified atom stereocenters. The van der Waals surface area contributed by atoms with E-state index in [0.717, 1.165) is 6.08 Å². The molecule has 0 aromatic rings. The Bertz CT molecular complexity index is 203. The first-order valence-electron chi connectivity index (χ1n) is 3.23. The van der Waals surface area contributed by atoms with Crippen molar-refractivity contribution in [2.75, 3.05) is 0 Å². The molecule has 1 amide bonds. The van der Waals surface area contributed by atoms with Crippen LogP contribution in [0.2, 0.25) is 0 Å². The Morgan fingerprint density at radius 3 is 1.69 bits per heavy atom.